The molecular formula is C12H15NO5. The first-order chi connectivity index (χ1) is 8.62. The van der Waals surface area contributed by atoms with Crippen molar-refractivity contribution in [3.05, 3.63) is 29.8 Å². The highest BCUT2D eigenvalue weighted by Gasteiger charge is 2.21. The minimum absolute atomic E-state index is 0.391. The maximum Gasteiger partial charge on any atom is 0.356 e. The van der Waals surface area contributed by atoms with Crippen molar-refractivity contribution in [2.24, 2.45) is 0 Å². The predicted octanol–water partition coefficient (Wildman–Crippen LogP) is 0.570. The molecule has 0 aromatic heterocycles. The Morgan fingerprint density at radius 2 is 1.72 bits per heavy atom. The van der Waals surface area contributed by atoms with Crippen molar-refractivity contribution in [1.29, 1.82) is 0 Å². The second kappa shape index (κ2) is 6.61. The number of carbonyl (C=O) groups is 2. The zero-order valence-corrected chi connectivity index (χ0v) is 10.4. The third kappa shape index (κ3) is 3.46. The van der Waals surface area contributed by atoms with Gasteiger partial charge < -0.3 is 19.5 Å². The fraction of sp³-hybridized carbons (Fsp3) is 0.333. The molecule has 1 aromatic carbocycles. The molecule has 0 fully saturated rings. The van der Waals surface area contributed by atoms with E-state index in [4.69, 9.17) is 9.47 Å². The van der Waals surface area contributed by atoms with E-state index in [-0.39, 0.29) is 0 Å². The van der Waals surface area contributed by atoms with Crippen LogP contribution in [-0.4, -0.2) is 39.4 Å². The van der Waals surface area contributed by atoms with Crippen LogP contribution in [-0.2, 0) is 14.3 Å². The van der Waals surface area contributed by atoms with E-state index in [1.54, 1.807) is 24.3 Å². The molecule has 1 amide bonds. The molecule has 6 heteroatoms. The van der Waals surface area contributed by atoms with Crippen molar-refractivity contribution in [3.63, 3.8) is 0 Å². The summed E-state index contributed by atoms with van der Waals surface area (Å²) < 4.78 is 14.3. The van der Waals surface area contributed by atoms with Gasteiger partial charge in [-0.15, -0.1) is 0 Å². The highest BCUT2D eigenvalue weighted by atomic mass is 16.6. The van der Waals surface area contributed by atoms with Gasteiger partial charge in [0, 0.05) is 12.7 Å². The van der Waals surface area contributed by atoms with Crippen molar-refractivity contribution in [3.8, 4) is 5.75 Å². The van der Waals surface area contributed by atoms with E-state index in [2.05, 4.69) is 10.1 Å². The predicted molar refractivity (Wildman–Crippen MR) is 63.3 cm³/mol. The lowest BCUT2D eigenvalue weighted by Gasteiger charge is -2.14. The molecule has 0 aliphatic heterocycles. The Morgan fingerprint density at radius 3 is 2.17 bits per heavy atom. The van der Waals surface area contributed by atoms with Crippen LogP contribution in [0, 0.1) is 0 Å². The number of esters is 1. The second-order valence-corrected chi connectivity index (χ2v) is 3.34. The largest absolute Gasteiger partial charge is 0.497 e. The summed E-state index contributed by atoms with van der Waals surface area (Å²) in [5.74, 6) is -0.461. The van der Waals surface area contributed by atoms with E-state index in [1.807, 2.05) is 0 Å². The number of rotatable bonds is 5. The van der Waals surface area contributed by atoms with Crippen LogP contribution in [0.25, 0.3) is 0 Å². The van der Waals surface area contributed by atoms with Gasteiger partial charge in [-0.05, 0) is 24.3 Å². The van der Waals surface area contributed by atoms with Crippen LogP contribution in [0.15, 0.2) is 24.3 Å². The molecule has 0 bridgehead atoms. The average Bonchev–Trinajstić information content (AvgIpc) is 2.43. The molecule has 6 nitrogen and oxygen atoms in total. The standard InChI is InChI=1S/C12H15NO5/c1-16-9-6-4-8(5-7-9)10(14)13-11(17-2)12(15)18-3/h4-7,11H,1-3H3,(H,13,14). The van der Waals surface area contributed by atoms with Gasteiger partial charge in [0.25, 0.3) is 5.91 Å². The number of nitrogens with one attached hydrogen (secondary N) is 1. The van der Waals surface area contributed by atoms with Crippen LogP contribution in [0.2, 0.25) is 0 Å². The van der Waals surface area contributed by atoms with Crippen molar-refractivity contribution in [1.82, 2.24) is 5.32 Å². The van der Waals surface area contributed by atoms with Crippen LogP contribution in [0.5, 0.6) is 5.75 Å². The highest BCUT2D eigenvalue weighted by molar-refractivity contribution is 5.96. The Morgan fingerprint density at radius 1 is 1.11 bits per heavy atom. The van der Waals surface area contributed by atoms with E-state index >= 15 is 0 Å². The van der Waals surface area contributed by atoms with Crippen LogP contribution >= 0.6 is 0 Å². The Labute approximate surface area is 105 Å². The number of amides is 1. The Kier molecular flexibility index (Phi) is 5.13. The summed E-state index contributed by atoms with van der Waals surface area (Å²) in [4.78, 5) is 23.0. The van der Waals surface area contributed by atoms with Gasteiger partial charge in [-0.3, -0.25) is 4.79 Å². The third-order valence-corrected chi connectivity index (χ3v) is 2.27. The van der Waals surface area contributed by atoms with Crippen molar-refractivity contribution < 1.29 is 23.8 Å². The summed E-state index contributed by atoms with van der Waals surface area (Å²) >= 11 is 0. The highest BCUT2D eigenvalue weighted by Crippen LogP contribution is 2.11. The zero-order chi connectivity index (χ0) is 13.5. The van der Waals surface area contributed by atoms with Crippen molar-refractivity contribution in [2.45, 2.75) is 6.23 Å². The smallest absolute Gasteiger partial charge is 0.356 e. The quantitative estimate of drug-likeness (QED) is 0.613. The maximum absolute atomic E-state index is 11.8. The summed E-state index contributed by atoms with van der Waals surface area (Å²) in [6.07, 6.45) is -1.12. The Balaban J connectivity index is 2.71. The lowest BCUT2D eigenvalue weighted by molar-refractivity contribution is -0.153. The zero-order valence-electron chi connectivity index (χ0n) is 10.4. The molecule has 98 valence electrons. The molecule has 0 saturated heterocycles. The van der Waals surface area contributed by atoms with Gasteiger partial charge in [-0.2, -0.15) is 0 Å². The summed E-state index contributed by atoms with van der Waals surface area (Å²) in [5.41, 5.74) is 0.391. The van der Waals surface area contributed by atoms with E-state index in [0.29, 0.717) is 11.3 Å². The van der Waals surface area contributed by atoms with Crippen molar-refractivity contribution >= 4 is 11.9 Å². The summed E-state index contributed by atoms with van der Waals surface area (Å²) in [6.45, 7) is 0. The van der Waals surface area contributed by atoms with Crippen LogP contribution < -0.4 is 10.1 Å². The van der Waals surface area contributed by atoms with Crippen LogP contribution in [0.3, 0.4) is 0 Å². The number of hydrogen-bond acceptors (Lipinski definition) is 5. The van der Waals surface area contributed by atoms with Gasteiger partial charge in [-0.1, -0.05) is 0 Å². The molecule has 1 aromatic rings. The Hall–Kier alpha value is -2.08. The fourth-order valence-corrected chi connectivity index (χ4v) is 1.27. The normalized spacial score (nSPS) is 11.5. The topological polar surface area (TPSA) is 73.9 Å². The monoisotopic (exact) mass is 253 g/mol. The number of ether oxygens (including phenoxy) is 3. The molecule has 0 heterocycles. The fourth-order valence-electron chi connectivity index (χ4n) is 1.27. The number of hydrogen-bond donors (Lipinski definition) is 1. The van der Waals surface area contributed by atoms with Crippen molar-refractivity contribution in [2.75, 3.05) is 21.3 Å². The van der Waals surface area contributed by atoms with Gasteiger partial charge in [0.1, 0.15) is 5.75 Å². The average molecular weight is 253 g/mol. The minimum Gasteiger partial charge on any atom is -0.497 e. The molecule has 0 saturated carbocycles. The first kappa shape index (κ1) is 14.0. The molecule has 18 heavy (non-hydrogen) atoms. The molecule has 1 unspecified atom stereocenters. The number of methoxy groups -OCH3 is 3. The van der Waals surface area contributed by atoms with Gasteiger partial charge in [0.05, 0.1) is 14.2 Å². The first-order valence-corrected chi connectivity index (χ1v) is 5.18. The number of benzene rings is 1. The van der Waals surface area contributed by atoms with E-state index in [0.717, 1.165) is 0 Å². The molecule has 0 spiro atoms. The van der Waals surface area contributed by atoms with Gasteiger partial charge in [-0.25, -0.2) is 4.79 Å². The maximum atomic E-state index is 11.8. The second-order valence-electron chi connectivity index (χ2n) is 3.34. The molecule has 0 radical (unpaired) electrons. The van der Waals surface area contributed by atoms with E-state index in [1.165, 1.54) is 21.3 Å². The molecular weight excluding hydrogens is 238 g/mol. The lowest BCUT2D eigenvalue weighted by atomic mass is 10.2. The number of carbonyl (C=O) groups excluding carboxylic acids is 2. The van der Waals surface area contributed by atoms with Gasteiger partial charge >= 0.3 is 5.97 Å². The molecule has 0 aliphatic carbocycles. The Bertz CT molecular complexity index is 415. The van der Waals surface area contributed by atoms with E-state index in [9.17, 15) is 9.59 Å². The molecule has 1 rings (SSSR count). The molecule has 1 N–H and O–H groups in total. The van der Waals surface area contributed by atoms with Crippen LogP contribution in [0.4, 0.5) is 0 Å². The SMILES string of the molecule is COC(=O)C(NC(=O)c1ccc(OC)cc1)OC. The summed E-state index contributed by atoms with van der Waals surface area (Å²) in [7, 11) is 4.05. The van der Waals surface area contributed by atoms with Gasteiger partial charge in [0.15, 0.2) is 0 Å². The summed E-state index contributed by atoms with van der Waals surface area (Å²) in [5, 5.41) is 2.39. The molecule has 1 atom stereocenters. The van der Waals surface area contributed by atoms with Crippen LogP contribution in [0.1, 0.15) is 10.4 Å². The third-order valence-electron chi connectivity index (χ3n) is 2.27. The van der Waals surface area contributed by atoms with E-state index < -0.39 is 18.1 Å². The summed E-state index contributed by atoms with van der Waals surface area (Å²) in [6, 6.07) is 6.46. The lowest BCUT2D eigenvalue weighted by Crippen LogP contribution is -2.42. The van der Waals surface area contributed by atoms with Gasteiger partial charge in [0.2, 0.25) is 6.23 Å². The first-order valence-electron chi connectivity index (χ1n) is 5.18. The minimum atomic E-state index is -1.12. The molecule has 0 aliphatic rings.